The normalized spacial score (nSPS) is 11.2. The molecule has 2 aromatic carbocycles. The number of hydrogen-bond acceptors (Lipinski definition) is 9. The van der Waals surface area contributed by atoms with Crippen molar-refractivity contribution in [1.29, 1.82) is 0 Å². The summed E-state index contributed by atoms with van der Waals surface area (Å²) in [5.74, 6) is 1.38. The lowest BCUT2D eigenvalue weighted by atomic mass is 10.2. The number of benzene rings is 2. The van der Waals surface area contributed by atoms with E-state index in [0.29, 0.717) is 29.3 Å². The van der Waals surface area contributed by atoms with Gasteiger partial charge in [0.1, 0.15) is 11.5 Å². The summed E-state index contributed by atoms with van der Waals surface area (Å²) < 4.78 is 43.5. The molecule has 12 heteroatoms. The summed E-state index contributed by atoms with van der Waals surface area (Å²) in [6.07, 6.45) is 1.54. The van der Waals surface area contributed by atoms with Gasteiger partial charge < -0.3 is 18.9 Å². The van der Waals surface area contributed by atoms with Crippen LogP contribution < -0.4 is 14.8 Å². The van der Waals surface area contributed by atoms with E-state index in [1.165, 1.54) is 19.2 Å². The maximum absolute atomic E-state index is 12.6. The second kappa shape index (κ2) is 10.4. The van der Waals surface area contributed by atoms with Crippen LogP contribution in [0.5, 0.6) is 5.75 Å². The molecule has 4 aromatic rings. The molecule has 2 aromatic heterocycles. The monoisotopic (exact) mass is 500 g/mol. The molecule has 0 aliphatic rings. The van der Waals surface area contributed by atoms with E-state index in [1.807, 2.05) is 0 Å². The molecule has 0 spiro atoms. The highest BCUT2D eigenvalue weighted by molar-refractivity contribution is 7.99. The number of hydrogen-bond donors (Lipinski definition) is 2. The molecule has 0 atom stereocenters. The Kier molecular flexibility index (Phi) is 7.18. The molecule has 10 nitrogen and oxygen atoms in total. The van der Waals surface area contributed by atoms with Crippen molar-refractivity contribution in [3.63, 3.8) is 0 Å². The third kappa shape index (κ3) is 5.97. The van der Waals surface area contributed by atoms with Crippen LogP contribution in [0.1, 0.15) is 5.76 Å². The number of methoxy groups -OCH3 is 1. The average molecular weight is 501 g/mol. The van der Waals surface area contributed by atoms with Crippen molar-refractivity contribution in [3.05, 3.63) is 72.7 Å². The van der Waals surface area contributed by atoms with Crippen LogP contribution in [-0.2, 0) is 21.4 Å². The van der Waals surface area contributed by atoms with E-state index in [2.05, 4.69) is 20.2 Å². The standard InChI is InChI=1S/C22H20N4O6S2/c1-30-17-8-10-19(11-9-17)34(28,29)26-16-6-4-15(5-7-16)21-24-25-22(32-21)33-14-20(27)23-13-18-3-2-12-31-18/h2-12,26H,13-14H2,1H3,(H,23,27). The van der Waals surface area contributed by atoms with Crippen LogP contribution >= 0.6 is 11.8 Å². The third-order valence-electron chi connectivity index (χ3n) is 4.53. The highest BCUT2D eigenvalue weighted by Crippen LogP contribution is 2.25. The first-order valence-electron chi connectivity index (χ1n) is 9.95. The van der Waals surface area contributed by atoms with E-state index in [1.54, 1.807) is 54.8 Å². The van der Waals surface area contributed by atoms with Gasteiger partial charge in [0.2, 0.25) is 11.8 Å². The zero-order valence-corrected chi connectivity index (χ0v) is 19.6. The van der Waals surface area contributed by atoms with Crippen molar-refractivity contribution in [2.75, 3.05) is 17.6 Å². The number of anilines is 1. The maximum atomic E-state index is 12.6. The molecule has 0 saturated heterocycles. The van der Waals surface area contributed by atoms with Gasteiger partial charge in [-0.25, -0.2) is 8.42 Å². The number of nitrogens with zero attached hydrogens (tertiary/aromatic N) is 2. The van der Waals surface area contributed by atoms with Gasteiger partial charge in [0.25, 0.3) is 15.2 Å². The summed E-state index contributed by atoms with van der Waals surface area (Å²) in [4.78, 5) is 12.1. The highest BCUT2D eigenvalue weighted by atomic mass is 32.2. The number of ether oxygens (including phenoxy) is 1. The van der Waals surface area contributed by atoms with Gasteiger partial charge in [-0.1, -0.05) is 11.8 Å². The second-order valence-corrected chi connectivity index (χ2v) is 9.49. The molecule has 0 radical (unpaired) electrons. The van der Waals surface area contributed by atoms with E-state index < -0.39 is 10.0 Å². The van der Waals surface area contributed by atoms with E-state index in [4.69, 9.17) is 13.6 Å². The van der Waals surface area contributed by atoms with Crippen molar-refractivity contribution < 1.29 is 26.8 Å². The molecule has 0 bridgehead atoms. The van der Waals surface area contributed by atoms with Crippen molar-refractivity contribution >= 4 is 33.4 Å². The zero-order chi connectivity index (χ0) is 24.0. The Labute approximate surface area is 199 Å². The minimum absolute atomic E-state index is 0.106. The van der Waals surface area contributed by atoms with Crippen LogP contribution in [0, 0.1) is 0 Å². The maximum Gasteiger partial charge on any atom is 0.277 e. The number of rotatable bonds is 10. The van der Waals surface area contributed by atoms with E-state index in [-0.39, 0.29) is 27.7 Å². The topological polar surface area (TPSA) is 137 Å². The van der Waals surface area contributed by atoms with Gasteiger partial charge in [-0.2, -0.15) is 0 Å². The largest absolute Gasteiger partial charge is 0.497 e. The molecule has 0 fully saturated rings. The first-order chi connectivity index (χ1) is 16.4. The average Bonchev–Trinajstić information content (AvgIpc) is 3.54. The Bertz CT molecular complexity index is 1340. The summed E-state index contributed by atoms with van der Waals surface area (Å²) in [6, 6.07) is 16.1. The van der Waals surface area contributed by atoms with Crippen molar-refractivity contribution in [2.45, 2.75) is 16.7 Å². The molecule has 176 valence electrons. The molecular formula is C22H20N4O6S2. The fourth-order valence-corrected chi connectivity index (χ4v) is 4.46. The molecule has 0 saturated carbocycles. The number of furan rings is 1. The lowest BCUT2D eigenvalue weighted by molar-refractivity contribution is -0.118. The van der Waals surface area contributed by atoms with Gasteiger partial charge in [-0.3, -0.25) is 9.52 Å². The molecule has 34 heavy (non-hydrogen) atoms. The fraction of sp³-hybridized carbons (Fsp3) is 0.136. The lowest BCUT2D eigenvalue weighted by Crippen LogP contribution is -2.24. The Morgan fingerprint density at radius 1 is 1.06 bits per heavy atom. The van der Waals surface area contributed by atoms with Gasteiger partial charge in [0, 0.05) is 11.3 Å². The van der Waals surface area contributed by atoms with Gasteiger partial charge in [0.15, 0.2) is 0 Å². The Morgan fingerprint density at radius 2 is 1.82 bits per heavy atom. The Hall–Kier alpha value is -3.77. The number of carbonyl (C=O) groups is 1. The zero-order valence-electron chi connectivity index (χ0n) is 17.9. The first-order valence-corrected chi connectivity index (χ1v) is 12.4. The molecular weight excluding hydrogens is 480 g/mol. The fourth-order valence-electron chi connectivity index (χ4n) is 2.81. The molecule has 4 rings (SSSR count). The van der Waals surface area contributed by atoms with Gasteiger partial charge in [-0.15, -0.1) is 10.2 Å². The van der Waals surface area contributed by atoms with Crippen LogP contribution in [-0.4, -0.2) is 37.4 Å². The predicted octanol–water partition coefficient (Wildman–Crippen LogP) is 3.55. The summed E-state index contributed by atoms with van der Waals surface area (Å²) in [6.45, 7) is 0.302. The van der Waals surface area contributed by atoms with Crippen LogP contribution in [0.4, 0.5) is 5.69 Å². The Morgan fingerprint density at radius 3 is 2.50 bits per heavy atom. The summed E-state index contributed by atoms with van der Waals surface area (Å²) in [7, 11) is -2.24. The number of nitrogens with one attached hydrogen (secondary N) is 2. The molecule has 2 N–H and O–H groups in total. The van der Waals surface area contributed by atoms with Gasteiger partial charge in [0.05, 0.1) is 30.6 Å². The minimum Gasteiger partial charge on any atom is -0.497 e. The van der Waals surface area contributed by atoms with E-state index in [0.717, 1.165) is 11.8 Å². The van der Waals surface area contributed by atoms with Crippen molar-refractivity contribution in [2.24, 2.45) is 0 Å². The smallest absolute Gasteiger partial charge is 0.277 e. The minimum atomic E-state index is -3.75. The third-order valence-corrected chi connectivity index (χ3v) is 6.74. The van der Waals surface area contributed by atoms with Crippen molar-refractivity contribution in [3.8, 4) is 17.2 Å². The van der Waals surface area contributed by atoms with Gasteiger partial charge in [-0.05, 0) is 60.7 Å². The SMILES string of the molecule is COc1ccc(S(=O)(=O)Nc2ccc(-c3nnc(SCC(=O)NCc4ccco4)o3)cc2)cc1. The van der Waals surface area contributed by atoms with E-state index in [9.17, 15) is 13.2 Å². The second-order valence-electron chi connectivity index (χ2n) is 6.88. The van der Waals surface area contributed by atoms with Crippen LogP contribution in [0.15, 0.2) is 85.9 Å². The number of thioether (sulfide) groups is 1. The van der Waals surface area contributed by atoms with Crippen LogP contribution in [0.2, 0.25) is 0 Å². The van der Waals surface area contributed by atoms with Gasteiger partial charge >= 0.3 is 0 Å². The molecule has 0 unspecified atom stereocenters. The number of aromatic nitrogens is 2. The molecule has 2 heterocycles. The Balaban J connectivity index is 1.32. The number of sulfonamides is 1. The first kappa shape index (κ1) is 23.4. The highest BCUT2D eigenvalue weighted by Gasteiger charge is 2.15. The summed E-state index contributed by atoms with van der Waals surface area (Å²) in [5.41, 5.74) is 0.982. The van der Waals surface area contributed by atoms with Crippen LogP contribution in [0.3, 0.4) is 0 Å². The molecule has 1 amide bonds. The van der Waals surface area contributed by atoms with Crippen molar-refractivity contribution in [1.82, 2.24) is 15.5 Å². The molecule has 0 aliphatic carbocycles. The summed E-state index contributed by atoms with van der Waals surface area (Å²) >= 11 is 1.11. The summed E-state index contributed by atoms with van der Waals surface area (Å²) in [5, 5.41) is 10.9. The van der Waals surface area contributed by atoms with Crippen LogP contribution in [0.25, 0.3) is 11.5 Å². The number of carbonyl (C=O) groups excluding carboxylic acids is 1. The molecule has 0 aliphatic heterocycles. The number of amides is 1. The lowest BCUT2D eigenvalue weighted by Gasteiger charge is -2.09. The van der Waals surface area contributed by atoms with E-state index >= 15 is 0 Å². The quantitative estimate of drug-likeness (QED) is 0.313. The predicted molar refractivity (Wildman–Crippen MR) is 125 cm³/mol.